The monoisotopic (exact) mass is 449 g/mol. The molecule has 0 saturated heterocycles. The van der Waals surface area contributed by atoms with Crippen LogP contribution in [0.3, 0.4) is 0 Å². The minimum atomic E-state index is -0.757. The van der Waals surface area contributed by atoms with E-state index in [9.17, 15) is 14.4 Å². The third kappa shape index (κ3) is 5.17. The lowest BCUT2D eigenvalue weighted by Gasteiger charge is -2.31. The van der Waals surface area contributed by atoms with Crippen LogP contribution in [0.2, 0.25) is 0 Å². The van der Waals surface area contributed by atoms with Gasteiger partial charge < -0.3 is 5.32 Å². The van der Waals surface area contributed by atoms with E-state index in [-0.39, 0.29) is 17.5 Å². The molecule has 1 aliphatic carbocycles. The minimum Gasteiger partial charge on any atom is -0.337 e. The van der Waals surface area contributed by atoms with Gasteiger partial charge in [-0.05, 0) is 42.7 Å². The molecule has 0 spiro atoms. The molecule has 0 radical (unpaired) electrons. The minimum absolute atomic E-state index is 0.139. The lowest BCUT2D eigenvalue weighted by atomic mass is 9.83. The summed E-state index contributed by atoms with van der Waals surface area (Å²) in [4.78, 5) is 12.7. The topological polar surface area (TPSA) is 83.6 Å². The molecule has 4 rings (SSSR count). The molecule has 1 heterocycles. The first-order valence-corrected chi connectivity index (χ1v) is 11.7. The third-order valence-electron chi connectivity index (χ3n) is 5.63. The Bertz CT molecular complexity index is 1100. The van der Waals surface area contributed by atoms with Crippen molar-refractivity contribution in [1.29, 1.82) is 5.26 Å². The van der Waals surface area contributed by atoms with Crippen molar-refractivity contribution in [2.75, 3.05) is 5.75 Å². The molecule has 6 nitrogen and oxygen atoms in total. The summed E-state index contributed by atoms with van der Waals surface area (Å²) >= 11 is 1.28. The van der Waals surface area contributed by atoms with Crippen molar-refractivity contribution in [3.05, 3.63) is 66.0 Å². The summed E-state index contributed by atoms with van der Waals surface area (Å²) in [7, 11) is 0. The van der Waals surface area contributed by atoms with Crippen molar-refractivity contribution >= 4 is 17.7 Å². The van der Waals surface area contributed by atoms with Crippen LogP contribution < -0.4 is 5.32 Å². The van der Waals surface area contributed by atoms with Gasteiger partial charge in [0.05, 0.1) is 18.4 Å². The standard InChI is InChI=1S/C24H24FN5OS/c25-20-11-9-19(10-12-20)22-28-29-23(30(22)15-18-7-3-1-4-8-18)32-16-21(31)27-24(17-26)13-5-2-6-14-24/h1,3-4,7-12H,2,5-6,13-16H2,(H,27,31). The maximum absolute atomic E-state index is 13.4. The number of aromatic nitrogens is 3. The fraction of sp³-hybridized carbons (Fsp3) is 0.333. The first-order valence-electron chi connectivity index (χ1n) is 10.7. The number of carbonyl (C=O) groups is 1. The van der Waals surface area contributed by atoms with E-state index in [1.54, 1.807) is 12.1 Å². The first kappa shape index (κ1) is 22.0. The van der Waals surface area contributed by atoms with Crippen LogP contribution in [0, 0.1) is 17.1 Å². The van der Waals surface area contributed by atoms with Crippen molar-refractivity contribution in [3.8, 4) is 17.5 Å². The van der Waals surface area contributed by atoms with Crippen LogP contribution in [0.15, 0.2) is 59.8 Å². The van der Waals surface area contributed by atoms with Gasteiger partial charge in [0.1, 0.15) is 11.4 Å². The molecule has 1 fully saturated rings. The van der Waals surface area contributed by atoms with E-state index >= 15 is 0 Å². The summed E-state index contributed by atoms with van der Waals surface area (Å²) in [5.41, 5.74) is 1.05. The van der Waals surface area contributed by atoms with E-state index < -0.39 is 5.54 Å². The maximum Gasteiger partial charge on any atom is 0.231 e. The number of thioether (sulfide) groups is 1. The Morgan fingerprint density at radius 2 is 1.81 bits per heavy atom. The Morgan fingerprint density at radius 1 is 1.09 bits per heavy atom. The van der Waals surface area contributed by atoms with Crippen molar-refractivity contribution in [3.63, 3.8) is 0 Å². The Balaban J connectivity index is 1.53. The lowest BCUT2D eigenvalue weighted by molar-refractivity contribution is -0.120. The highest BCUT2D eigenvalue weighted by molar-refractivity contribution is 7.99. The lowest BCUT2D eigenvalue weighted by Crippen LogP contribution is -2.49. The summed E-state index contributed by atoms with van der Waals surface area (Å²) < 4.78 is 15.3. The van der Waals surface area contributed by atoms with Crippen LogP contribution >= 0.6 is 11.8 Å². The maximum atomic E-state index is 13.4. The Hall–Kier alpha value is -3.18. The summed E-state index contributed by atoms with van der Waals surface area (Å²) in [6.07, 6.45) is 4.39. The zero-order valence-corrected chi connectivity index (χ0v) is 18.4. The molecule has 0 unspecified atom stereocenters. The van der Waals surface area contributed by atoms with Gasteiger partial charge in [-0.25, -0.2) is 4.39 Å². The molecule has 0 bridgehead atoms. The quantitative estimate of drug-likeness (QED) is 0.534. The van der Waals surface area contributed by atoms with Gasteiger partial charge in [-0.1, -0.05) is 61.4 Å². The molecule has 8 heteroatoms. The molecular formula is C24H24FN5OS. The highest BCUT2D eigenvalue weighted by Crippen LogP contribution is 2.29. The van der Waals surface area contributed by atoms with Crippen LogP contribution in [-0.2, 0) is 11.3 Å². The number of benzene rings is 2. The second kappa shape index (κ2) is 9.96. The van der Waals surface area contributed by atoms with E-state index in [0.717, 1.165) is 30.4 Å². The Labute approximate surface area is 190 Å². The molecule has 32 heavy (non-hydrogen) atoms. The average Bonchev–Trinajstić information content (AvgIpc) is 3.22. The fourth-order valence-electron chi connectivity index (χ4n) is 3.97. The number of nitriles is 1. The molecule has 1 aliphatic rings. The van der Waals surface area contributed by atoms with E-state index in [0.29, 0.717) is 30.4 Å². The zero-order chi connectivity index (χ0) is 22.4. The molecule has 0 aliphatic heterocycles. The SMILES string of the molecule is N#CC1(NC(=O)CSc2nnc(-c3ccc(F)cc3)n2Cc2ccccc2)CCCCC1. The van der Waals surface area contributed by atoms with Crippen molar-refractivity contribution < 1.29 is 9.18 Å². The third-order valence-corrected chi connectivity index (χ3v) is 6.60. The van der Waals surface area contributed by atoms with E-state index in [4.69, 9.17) is 0 Å². The van der Waals surface area contributed by atoms with Gasteiger partial charge in [-0.2, -0.15) is 5.26 Å². The number of rotatable bonds is 7. The fourth-order valence-corrected chi connectivity index (χ4v) is 4.71. The van der Waals surface area contributed by atoms with E-state index in [2.05, 4.69) is 21.6 Å². The molecule has 2 aromatic carbocycles. The highest BCUT2D eigenvalue weighted by Gasteiger charge is 2.33. The summed E-state index contributed by atoms with van der Waals surface area (Å²) in [6.45, 7) is 0.520. The van der Waals surface area contributed by atoms with Crippen molar-refractivity contribution in [2.45, 2.75) is 49.3 Å². The van der Waals surface area contributed by atoms with Crippen LogP contribution in [0.4, 0.5) is 4.39 Å². The van der Waals surface area contributed by atoms with Gasteiger partial charge in [0.25, 0.3) is 0 Å². The molecular weight excluding hydrogens is 425 g/mol. The van der Waals surface area contributed by atoms with Crippen LogP contribution in [0.5, 0.6) is 0 Å². The van der Waals surface area contributed by atoms with Gasteiger partial charge in [0.15, 0.2) is 11.0 Å². The van der Waals surface area contributed by atoms with Crippen LogP contribution in [0.1, 0.15) is 37.7 Å². The van der Waals surface area contributed by atoms with Gasteiger partial charge in [-0.15, -0.1) is 10.2 Å². The van der Waals surface area contributed by atoms with Gasteiger partial charge in [0, 0.05) is 5.56 Å². The molecule has 3 aromatic rings. The smallest absolute Gasteiger partial charge is 0.231 e. The number of halogens is 1. The molecule has 1 N–H and O–H groups in total. The van der Waals surface area contributed by atoms with Crippen molar-refractivity contribution in [1.82, 2.24) is 20.1 Å². The molecule has 1 saturated carbocycles. The largest absolute Gasteiger partial charge is 0.337 e. The van der Waals surface area contributed by atoms with Crippen molar-refractivity contribution in [2.24, 2.45) is 0 Å². The van der Waals surface area contributed by atoms with Gasteiger partial charge in [-0.3, -0.25) is 9.36 Å². The second-order valence-electron chi connectivity index (χ2n) is 7.98. The number of nitrogens with zero attached hydrogens (tertiary/aromatic N) is 4. The summed E-state index contributed by atoms with van der Waals surface area (Å²) in [5, 5.41) is 21.8. The molecule has 164 valence electrons. The van der Waals surface area contributed by atoms with Crippen LogP contribution in [-0.4, -0.2) is 32.0 Å². The molecule has 1 amide bonds. The molecule has 0 atom stereocenters. The van der Waals surface area contributed by atoms with E-state index in [1.807, 2.05) is 34.9 Å². The first-order chi connectivity index (χ1) is 15.6. The second-order valence-corrected chi connectivity index (χ2v) is 8.92. The predicted molar refractivity (Wildman–Crippen MR) is 121 cm³/mol. The van der Waals surface area contributed by atoms with E-state index in [1.165, 1.54) is 23.9 Å². The summed E-state index contributed by atoms with van der Waals surface area (Å²) in [6, 6.07) is 18.3. The normalized spacial score (nSPS) is 15.1. The number of hydrogen-bond acceptors (Lipinski definition) is 5. The molecule has 1 aromatic heterocycles. The number of amides is 1. The highest BCUT2D eigenvalue weighted by atomic mass is 32.2. The van der Waals surface area contributed by atoms with Crippen LogP contribution in [0.25, 0.3) is 11.4 Å². The Kier molecular flexibility index (Phi) is 6.86. The number of nitrogens with one attached hydrogen (secondary N) is 1. The van der Waals surface area contributed by atoms with Gasteiger partial charge >= 0.3 is 0 Å². The predicted octanol–water partition coefficient (Wildman–Crippen LogP) is 4.57. The number of hydrogen-bond donors (Lipinski definition) is 1. The summed E-state index contributed by atoms with van der Waals surface area (Å²) in [5.74, 6) is 0.247. The average molecular weight is 450 g/mol. The Morgan fingerprint density at radius 3 is 2.50 bits per heavy atom. The van der Waals surface area contributed by atoms with Gasteiger partial charge in [0.2, 0.25) is 5.91 Å². The zero-order valence-electron chi connectivity index (χ0n) is 17.6. The number of carbonyl (C=O) groups excluding carboxylic acids is 1.